The highest BCUT2D eigenvalue weighted by Crippen LogP contribution is 2.30. The molecule has 0 spiro atoms. The first-order chi connectivity index (χ1) is 11.8. The molecular formula is C15H20N2O6S2. The molecule has 10 heteroatoms. The second-order valence-corrected chi connectivity index (χ2v) is 9.18. The molecule has 138 valence electrons. The lowest BCUT2D eigenvalue weighted by Crippen LogP contribution is -2.50. The summed E-state index contributed by atoms with van der Waals surface area (Å²) in [7, 11) is -3.69. The van der Waals surface area contributed by atoms with Gasteiger partial charge < -0.3 is 15.1 Å². The summed E-state index contributed by atoms with van der Waals surface area (Å²) < 4.78 is 26.9. The van der Waals surface area contributed by atoms with Gasteiger partial charge in [0.05, 0.1) is 0 Å². The van der Waals surface area contributed by atoms with E-state index in [0.717, 1.165) is 24.2 Å². The van der Waals surface area contributed by atoms with Crippen LogP contribution in [0.2, 0.25) is 0 Å². The minimum Gasteiger partial charge on any atom is -0.479 e. The fourth-order valence-corrected chi connectivity index (χ4v) is 6.04. The number of carbonyl (C=O) groups excluding carboxylic acids is 1. The Morgan fingerprint density at radius 3 is 2.28 bits per heavy atom. The maximum atomic E-state index is 12.7. The first-order valence-electron chi connectivity index (χ1n) is 8.08. The molecule has 3 rings (SSSR count). The van der Waals surface area contributed by atoms with Gasteiger partial charge >= 0.3 is 5.97 Å². The van der Waals surface area contributed by atoms with Crippen LogP contribution in [0.15, 0.2) is 16.3 Å². The molecule has 0 aliphatic carbocycles. The molecule has 1 aromatic heterocycles. The van der Waals surface area contributed by atoms with Crippen molar-refractivity contribution in [3.63, 3.8) is 0 Å². The third kappa shape index (κ3) is 3.31. The number of aliphatic hydroxyl groups is 1. The molecule has 2 aliphatic heterocycles. The number of rotatable bonds is 4. The molecule has 8 nitrogen and oxygen atoms in total. The van der Waals surface area contributed by atoms with Gasteiger partial charge in [-0.2, -0.15) is 4.31 Å². The SMILES string of the molecule is O=C(c1sccc1S(=O)(=O)N1CCCC1)N1CCC(O)(C(=O)O)CC1. The van der Waals surface area contributed by atoms with Gasteiger partial charge in [0.25, 0.3) is 5.91 Å². The summed E-state index contributed by atoms with van der Waals surface area (Å²) >= 11 is 1.07. The summed E-state index contributed by atoms with van der Waals surface area (Å²) in [6, 6.07) is 1.45. The number of sulfonamides is 1. The molecule has 3 heterocycles. The second kappa shape index (κ2) is 6.67. The highest BCUT2D eigenvalue weighted by molar-refractivity contribution is 7.89. The Labute approximate surface area is 149 Å². The zero-order valence-electron chi connectivity index (χ0n) is 13.5. The number of carboxylic acids is 1. The zero-order chi connectivity index (χ0) is 18.2. The standard InChI is InChI=1S/C15H20N2O6S2/c18-13(16-8-4-15(21,5-9-16)14(19)20)12-11(3-10-24-12)25(22,23)17-6-1-2-7-17/h3,10,21H,1-2,4-9H2,(H,19,20). The molecule has 0 saturated carbocycles. The zero-order valence-corrected chi connectivity index (χ0v) is 15.2. The molecule has 1 amide bonds. The Bertz CT molecular complexity index is 774. The predicted octanol–water partition coefficient (Wildman–Crippen LogP) is 0.584. The van der Waals surface area contributed by atoms with Crippen LogP contribution >= 0.6 is 11.3 Å². The van der Waals surface area contributed by atoms with Gasteiger partial charge in [0.15, 0.2) is 5.60 Å². The Hall–Kier alpha value is -1.49. The Morgan fingerprint density at radius 2 is 1.72 bits per heavy atom. The Morgan fingerprint density at radius 1 is 1.12 bits per heavy atom. The van der Waals surface area contributed by atoms with E-state index in [2.05, 4.69) is 0 Å². The van der Waals surface area contributed by atoms with E-state index in [4.69, 9.17) is 5.11 Å². The van der Waals surface area contributed by atoms with E-state index in [9.17, 15) is 23.1 Å². The summed E-state index contributed by atoms with van der Waals surface area (Å²) in [5.41, 5.74) is -1.82. The molecule has 2 fully saturated rings. The number of carboxylic acid groups (broad SMARTS) is 1. The number of nitrogens with zero attached hydrogens (tertiary/aromatic N) is 2. The molecule has 0 bridgehead atoms. The number of amides is 1. The molecule has 2 saturated heterocycles. The normalized spacial score (nSPS) is 21.4. The maximum absolute atomic E-state index is 12.7. The van der Waals surface area contributed by atoms with Gasteiger partial charge in [0, 0.05) is 39.0 Å². The third-order valence-corrected chi connectivity index (χ3v) is 7.75. The fraction of sp³-hybridized carbons (Fsp3) is 0.600. The number of likely N-dealkylation sites (tertiary alicyclic amines) is 1. The smallest absolute Gasteiger partial charge is 0.335 e. The van der Waals surface area contributed by atoms with Gasteiger partial charge in [0.1, 0.15) is 9.77 Å². The van der Waals surface area contributed by atoms with Crippen molar-refractivity contribution in [2.45, 2.75) is 36.2 Å². The lowest BCUT2D eigenvalue weighted by molar-refractivity contribution is -0.162. The molecular weight excluding hydrogens is 368 g/mol. The van der Waals surface area contributed by atoms with Crippen LogP contribution in [0.3, 0.4) is 0 Å². The van der Waals surface area contributed by atoms with Crippen LogP contribution in [-0.4, -0.2) is 71.5 Å². The summed E-state index contributed by atoms with van der Waals surface area (Å²) in [5, 5.41) is 20.6. The largest absolute Gasteiger partial charge is 0.479 e. The topological polar surface area (TPSA) is 115 Å². The van der Waals surface area contributed by atoms with Crippen molar-refractivity contribution in [3.05, 3.63) is 16.3 Å². The number of thiophene rings is 1. The average Bonchev–Trinajstić information content (AvgIpc) is 3.27. The van der Waals surface area contributed by atoms with E-state index in [1.54, 1.807) is 5.38 Å². The monoisotopic (exact) mass is 388 g/mol. The number of aliphatic carboxylic acids is 1. The number of carbonyl (C=O) groups is 2. The van der Waals surface area contributed by atoms with Crippen LogP contribution in [0.25, 0.3) is 0 Å². The summed E-state index contributed by atoms with van der Waals surface area (Å²) in [4.78, 5) is 25.4. The van der Waals surface area contributed by atoms with Gasteiger partial charge in [-0.1, -0.05) is 0 Å². The molecule has 1 aromatic rings. The second-order valence-electron chi connectivity index (χ2n) is 6.35. The van der Waals surface area contributed by atoms with Gasteiger partial charge in [-0.25, -0.2) is 13.2 Å². The highest BCUT2D eigenvalue weighted by Gasteiger charge is 2.41. The van der Waals surface area contributed by atoms with Crippen LogP contribution < -0.4 is 0 Å². The Balaban J connectivity index is 1.79. The van der Waals surface area contributed by atoms with E-state index in [0.29, 0.717) is 13.1 Å². The number of piperidine rings is 1. The van der Waals surface area contributed by atoms with Gasteiger partial charge in [0.2, 0.25) is 10.0 Å². The quantitative estimate of drug-likeness (QED) is 0.780. The molecule has 0 unspecified atom stereocenters. The summed E-state index contributed by atoms with van der Waals surface area (Å²) in [6.07, 6.45) is 1.47. The Kier molecular flexibility index (Phi) is 4.89. The first kappa shape index (κ1) is 18.3. The summed E-state index contributed by atoms with van der Waals surface area (Å²) in [6.45, 7) is 1.06. The molecule has 0 aromatic carbocycles. The molecule has 25 heavy (non-hydrogen) atoms. The van der Waals surface area contributed by atoms with Crippen molar-refractivity contribution in [2.24, 2.45) is 0 Å². The minimum absolute atomic E-state index is 0.0171. The van der Waals surface area contributed by atoms with E-state index < -0.39 is 27.5 Å². The predicted molar refractivity (Wildman–Crippen MR) is 90.0 cm³/mol. The van der Waals surface area contributed by atoms with E-state index >= 15 is 0 Å². The van der Waals surface area contributed by atoms with Crippen molar-refractivity contribution in [1.82, 2.24) is 9.21 Å². The minimum atomic E-state index is -3.69. The highest BCUT2D eigenvalue weighted by atomic mass is 32.2. The lowest BCUT2D eigenvalue weighted by Gasteiger charge is -2.35. The van der Waals surface area contributed by atoms with E-state index in [1.807, 2.05) is 0 Å². The summed E-state index contributed by atoms with van der Waals surface area (Å²) in [5.74, 6) is -1.73. The van der Waals surface area contributed by atoms with Crippen molar-refractivity contribution >= 4 is 33.2 Å². The number of hydrogen-bond donors (Lipinski definition) is 2. The fourth-order valence-electron chi connectivity index (χ4n) is 3.16. The van der Waals surface area contributed by atoms with E-state index in [-0.39, 0.29) is 35.7 Å². The van der Waals surface area contributed by atoms with Gasteiger partial charge in [-0.15, -0.1) is 11.3 Å². The van der Waals surface area contributed by atoms with Crippen LogP contribution in [0.5, 0.6) is 0 Å². The molecule has 2 N–H and O–H groups in total. The molecule has 0 atom stereocenters. The van der Waals surface area contributed by atoms with Gasteiger partial charge in [-0.3, -0.25) is 4.79 Å². The lowest BCUT2D eigenvalue weighted by atomic mass is 9.91. The van der Waals surface area contributed by atoms with Crippen molar-refractivity contribution in [1.29, 1.82) is 0 Å². The third-order valence-electron chi connectivity index (χ3n) is 4.78. The van der Waals surface area contributed by atoms with Crippen LogP contribution in [-0.2, 0) is 14.8 Å². The maximum Gasteiger partial charge on any atom is 0.335 e. The van der Waals surface area contributed by atoms with Crippen LogP contribution in [0.4, 0.5) is 0 Å². The van der Waals surface area contributed by atoms with Crippen LogP contribution in [0.1, 0.15) is 35.4 Å². The average molecular weight is 388 g/mol. The molecule has 2 aliphatic rings. The van der Waals surface area contributed by atoms with Crippen molar-refractivity contribution in [2.75, 3.05) is 26.2 Å². The van der Waals surface area contributed by atoms with E-state index in [1.165, 1.54) is 15.3 Å². The van der Waals surface area contributed by atoms with Crippen molar-refractivity contribution in [3.8, 4) is 0 Å². The van der Waals surface area contributed by atoms with Crippen molar-refractivity contribution < 1.29 is 28.2 Å². The molecule has 0 radical (unpaired) electrons. The van der Waals surface area contributed by atoms with Gasteiger partial charge in [-0.05, 0) is 24.3 Å². The number of hydrogen-bond acceptors (Lipinski definition) is 6. The first-order valence-corrected chi connectivity index (χ1v) is 10.4. The van der Waals surface area contributed by atoms with Crippen LogP contribution in [0, 0.1) is 0 Å².